The fourth-order valence-corrected chi connectivity index (χ4v) is 4.21. The molecule has 1 fully saturated rings. The number of ether oxygens (including phenoxy) is 1. The van der Waals surface area contributed by atoms with Crippen LogP contribution in [0.15, 0.2) is 36.4 Å². The Morgan fingerprint density at radius 2 is 1.94 bits per heavy atom. The first-order chi connectivity index (χ1) is 15.0. The van der Waals surface area contributed by atoms with Crippen LogP contribution in [0.2, 0.25) is 10.0 Å². The Balaban J connectivity index is 1.20. The second kappa shape index (κ2) is 9.77. The summed E-state index contributed by atoms with van der Waals surface area (Å²) in [4.78, 5) is 28.4. The van der Waals surface area contributed by atoms with Gasteiger partial charge in [-0.25, -0.2) is 0 Å². The van der Waals surface area contributed by atoms with Gasteiger partial charge in [-0.05, 0) is 43.3 Å². The molecule has 0 spiro atoms. The summed E-state index contributed by atoms with van der Waals surface area (Å²) in [7, 11) is 0. The van der Waals surface area contributed by atoms with E-state index in [1.165, 1.54) is 0 Å². The van der Waals surface area contributed by atoms with Crippen LogP contribution in [0.4, 0.5) is 17.1 Å². The molecule has 2 aromatic rings. The first-order valence-electron chi connectivity index (χ1n) is 10.3. The van der Waals surface area contributed by atoms with E-state index in [0.717, 1.165) is 44.8 Å². The van der Waals surface area contributed by atoms with Crippen molar-refractivity contribution >= 4 is 52.1 Å². The van der Waals surface area contributed by atoms with E-state index in [1.807, 2.05) is 12.1 Å². The maximum atomic E-state index is 12.3. The average Bonchev–Trinajstić information content (AvgIpc) is 2.76. The summed E-state index contributed by atoms with van der Waals surface area (Å²) in [6.07, 6.45) is 1.20. The van der Waals surface area contributed by atoms with Crippen molar-refractivity contribution in [2.24, 2.45) is 0 Å². The van der Waals surface area contributed by atoms with Gasteiger partial charge in [0.15, 0.2) is 6.61 Å². The number of hydrogen-bond donors (Lipinski definition) is 2. The Labute approximate surface area is 191 Å². The molecule has 2 aromatic carbocycles. The van der Waals surface area contributed by atoms with E-state index >= 15 is 0 Å². The molecule has 1 saturated heterocycles. The van der Waals surface area contributed by atoms with Crippen molar-refractivity contribution in [3.8, 4) is 5.75 Å². The van der Waals surface area contributed by atoms with E-state index in [0.29, 0.717) is 33.6 Å². The number of nitrogens with zero attached hydrogens (tertiary/aromatic N) is 2. The number of amides is 2. The van der Waals surface area contributed by atoms with Crippen LogP contribution in [0.25, 0.3) is 0 Å². The van der Waals surface area contributed by atoms with Gasteiger partial charge in [-0.2, -0.15) is 0 Å². The second-order valence-electron chi connectivity index (χ2n) is 7.60. The Morgan fingerprint density at radius 1 is 1.13 bits per heavy atom. The van der Waals surface area contributed by atoms with Crippen molar-refractivity contribution in [1.82, 2.24) is 4.90 Å². The summed E-state index contributed by atoms with van der Waals surface area (Å²) < 4.78 is 5.33. The van der Waals surface area contributed by atoms with E-state index in [9.17, 15) is 9.59 Å². The molecule has 0 radical (unpaired) electrons. The van der Waals surface area contributed by atoms with Gasteiger partial charge in [0.25, 0.3) is 5.91 Å². The highest BCUT2D eigenvalue weighted by Crippen LogP contribution is 2.33. The highest BCUT2D eigenvalue weighted by Gasteiger charge is 2.20. The van der Waals surface area contributed by atoms with Gasteiger partial charge in [-0.1, -0.05) is 29.3 Å². The Hall–Kier alpha value is -2.48. The number of carbonyl (C=O) groups is 2. The number of fused-ring (bicyclic) bond motifs is 1. The van der Waals surface area contributed by atoms with Crippen molar-refractivity contribution in [3.63, 3.8) is 0 Å². The van der Waals surface area contributed by atoms with Crippen LogP contribution in [0.5, 0.6) is 5.75 Å². The predicted octanol–water partition coefficient (Wildman–Crippen LogP) is 3.87. The van der Waals surface area contributed by atoms with Crippen LogP contribution in [-0.4, -0.2) is 56.0 Å². The molecule has 0 aromatic heterocycles. The molecule has 0 aliphatic carbocycles. The fraction of sp³-hybridized carbons (Fsp3) is 0.364. The van der Waals surface area contributed by atoms with E-state index in [4.69, 9.17) is 27.9 Å². The molecule has 164 valence electrons. The van der Waals surface area contributed by atoms with Crippen molar-refractivity contribution in [2.75, 3.05) is 54.9 Å². The number of piperazine rings is 1. The van der Waals surface area contributed by atoms with Crippen molar-refractivity contribution in [1.29, 1.82) is 0 Å². The minimum absolute atomic E-state index is 0.0130. The number of nitrogens with one attached hydrogen (secondary N) is 2. The summed E-state index contributed by atoms with van der Waals surface area (Å²) in [6, 6.07) is 10.9. The zero-order valence-corrected chi connectivity index (χ0v) is 18.5. The average molecular weight is 463 g/mol. The third-order valence-corrected chi connectivity index (χ3v) is 6.23. The van der Waals surface area contributed by atoms with Gasteiger partial charge in [0.2, 0.25) is 5.91 Å². The summed E-state index contributed by atoms with van der Waals surface area (Å²) >= 11 is 12.5. The molecule has 9 heteroatoms. The third kappa shape index (κ3) is 5.42. The topological polar surface area (TPSA) is 73.9 Å². The minimum Gasteiger partial charge on any atom is -0.482 e. The molecule has 4 rings (SSSR count). The van der Waals surface area contributed by atoms with Crippen LogP contribution in [0, 0.1) is 0 Å². The number of carbonyl (C=O) groups excluding carboxylic acids is 2. The van der Waals surface area contributed by atoms with Gasteiger partial charge < -0.3 is 20.3 Å². The molecule has 0 unspecified atom stereocenters. The normalized spacial score (nSPS) is 16.3. The van der Waals surface area contributed by atoms with Crippen LogP contribution < -0.4 is 20.3 Å². The first-order valence-corrected chi connectivity index (χ1v) is 11.0. The zero-order chi connectivity index (χ0) is 21.8. The van der Waals surface area contributed by atoms with Gasteiger partial charge in [-0.3, -0.25) is 14.5 Å². The van der Waals surface area contributed by atoms with Gasteiger partial charge in [0.05, 0.1) is 21.4 Å². The molecule has 2 aliphatic rings. The Morgan fingerprint density at radius 3 is 2.74 bits per heavy atom. The van der Waals surface area contributed by atoms with Crippen molar-refractivity contribution in [3.05, 3.63) is 46.4 Å². The molecule has 31 heavy (non-hydrogen) atoms. The lowest BCUT2D eigenvalue weighted by Crippen LogP contribution is -2.46. The molecule has 0 saturated carbocycles. The lowest BCUT2D eigenvalue weighted by atomic mass is 10.2. The molecule has 0 bridgehead atoms. The smallest absolute Gasteiger partial charge is 0.262 e. The van der Waals surface area contributed by atoms with E-state index < -0.39 is 0 Å². The lowest BCUT2D eigenvalue weighted by Gasteiger charge is -2.36. The van der Waals surface area contributed by atoms with E-state index in [-0.39, 0.29) is 18.4 Å². The number of benzene rings is 2. The van der Waals surface area contributed by atoms with Gasteiger partial charge in [-0.15, -0.1) is 0 Å². The number of halogens is 2. The monoisotopic (exact) mass is 462 g/mol. The predicted molar refractivity (Wildman–Crippen MR) is 124 cm³/mol. The highest BCUT2D eigenvalue weighted by atomic mass is 35.5. The number of anilines is 3. The van der Waals surface area contributed by atoms with Crippen molar-refractivity contribution < 1.29 is 14.3 Å². The van der Waals surface area contributed by atoms with Crippen LogP contribution in [-0.2, 0) is 9.59 Å². The van der Waals surface area contributed by atoms with Crippen LogP contribution in [0.3, 0.4) is 0 Å². The Kier molecular flexibility index (Phi) is 6.85. The first kappa shape index (κ1) is 21.7. The zero-order valence-electron chi connectivity index (χ0n) is 17.0. The minimum atomic E-state index is -0.200. The maximum Gasteiger partial charge on any atom is 0.262 e. The largest absolute Gasteiger partial charge is 0.482 e. The quantitative estimate of drug-likeness (QED) is 0.681. The molecular weight excluding hydrogens is 439 g/mol. The second-order valence-corrected chi connectivity index (χ2v) is 8.39. The highest BCUT2D eigenvalue weighted by molar-refractivity contribution is 6.43. The summed E-state index contributed by atoms with van der Waals surface area (Å²) in [5.41, 5.74) is 2.19. The molecule has 2 N–H and O–H groups in total. The Bertz CT molecular complexity index is 977. The SMILES string of the molecule is O=C(CCCN1CCN(c2cccc(Cl)c2Cl)CC1)Nc1ccc2c(c1)NC(=O)CO2. The van der Waals surface area contributed by atoms with Gasteiger partial charge in [0.1, 0.15) is 5.75 Å². The summed E-state index contributed by atoms with van der Waals surface area (Å²) in [6.45, 7) is 4.44. The fourth-order valence-electron chi connectivity index (χ4n) is 3.80. The van der Waals surface area contributed by atoms with Crippen LogP contribution in [0.1, 0.15) is 12.8 Å². The number of hydrogen-bond acceptors (Lipinski definition) is 5. The van der Waals surface area contributed by atoms with Gasteiger partial charge in [0, 0.05) is 38.3 Å². The lowest BCUT2D eigenvalue weighted by molar-refractivity contribution is -0.118. The van der Waals surface area contributed by atoms with E-state index in [1.54, 1.807) is 24.3 Å². The van der Waals surface area contributed by atoms with Crippen molar-refractivity contribution in [2.45, 2.75) is 12.8 Å². The van der Waals surface area contributed by atoms with E-state index in [2.05, 4.69) is 20.4 Å². The van der Waals surface area contributed by atoms with Gasteiger partial charge >= 0.3 is 0 Å². The molecule has 2 amide bonds. The third-order valence-electron chi connectivity index (χ3n) is 5.42. The maximum absolute atomic E-state index is 12.3. The molecule has 2 heterocycles. The van der Waals surface area contributed by atoms with Crippen LogP contribution >= 0.6 is 23.2 Å². The number of rotatable bonds is 6. The standard InChI is InChI=1S/C22H24Cl2N4O3/c23-16-3-1-4-18(22(16)24)28-11-9-27(10-12-28)8-2-5-20(29)25-15-6-7-19-17(13-15)26-21(30)14-31-19/h1,3-4,6-7,13H,2,5,8-12,14H2,(H,25,29)(H,26,30). The molecule has 0 atom stereocenters. The molecule has 2 aliphatic heterocycles. The summed E-state index contributed by atoms with van der Waals surface area (Å²) in [5, 5.41) is 6.80. The molecular formula is C22H24Cl2N4O3. The summed E-state index contributed by atoms with van der Waals surface area (Å²) in [5.74, 6) is 0.358. The molecule has 7 nitrogen and oxygen atoms in total.